The molecule has 0 bridgehead atoms. The maximum atomic E-state index is 12.0. The van der Waals surface area contributed by atoms with Crippen LogP contribution in [0.4, 0.5) is 5.69 Å². The van der Waals surface area contributed by atoms with Gasteiger partial charge in [0.05, 0.1) is 5.69 Å². The van der Waals surface area contributed by atoms with Gasteiger partial charge in [0.1, 0.15) is 4.21 Å². The van der Waals surface area contributed by atoms with Crippen molar-refractivity contribution in [2.24, 2.45) is 0 Å². The van der Waals surface area contributed by atoms with Crippen LogP contribution in [0.25, 0.3) is 0 Å². The molecule has 0 aliphatic carbocycles. The molecular weight excluding hydrogens is 278 g/mol. The lowest BCUT2D eigenvalue weighted by Gasteiger charge is -2.09. The highest BCUT2D eigenvalue weighted by Crippen LogP contribution is 2.26. The van der Waals surface area contributed by atoms with Crippen molar-refractivity contribution in [3.8, 4) is 0 Å². The Hall–Kier alpha value is -1.04. The molecule has 6 heteroatoms. The van der Waals surface area contributed by atoms with Gasteiger partial charge in [0.25, 0.3) is 10.0 Å². The Morgan fingerprint density at radius 1 is 1.24 bits per heavy atom. The van der Waals surface area contributed by atoms with Crippen LogP contribution in [0.5, 0.6) is 0 Å². The van der Waals surface area contributed by atoms with E-state index in [1.54, 1.807) is 42.6 Å². The molecule has 0 aliphatic heterocycles. The summed E-state index contributed by atoms with van der Waals surface area (Å²) >= 11 is 7.11. The van der Waals surface area contributed by atoms with Crippen LogP contribution in [-0.4, -0.2) is 8.42 Å². The topological polar surface area (TPSA) is 46.2 Å². The third kappa shape index (κ3) is 2.62. The molecule has 0 radical (unpaired) electrons. The molecule has 0 fully saturated rings. The molecule has 1 heterocycles. The van der Waals surface area contributed by atoms with Crippen LogP contribution >= 0.6 is 22.9 Å². The standard InChI is InChI=1S/C11H10ClNO2S2/c1-8-9(12)4-2-5-10(8)13-17(14,15)11-6-3-7-16-11/h2-7,13H,1H3. The van der Waals surface area contributed by atoms with Gasteiger partial charge in [-0.05, 0) is 36.1 Å². The average molecular weight is 288 g/mol. The van der Waals surface area contributed by atoms with Gasteiger partial charge in [-0.2, -0.15) is 0 Å². The normalized spacial score (nSPS) is 11.4. The first-order valence-electron chi connectivity index (χ1n) is 4.82. The molecule has 0 unspecified atom stereocenters. The molecule has 0 aliphatic rings. The number of benzene rings is 1. The minimum atomic E-state index is -3.50. The quantitative estimate of drug-likeness (QED) is 0.939. The predicted molar refractivity (Wildman–Crippen MR) is 71.3 cm³/mol. The van der Waals surface area contributed by atoms with Crippen molar-refractivity contribution < 1.29 is 8.42 Å². The lowest BCUT2D eigenvalue weighted by Crippen LogP contribution is -2.12. The molecule has 1 aromatic carbocycles. The summed E-state index contributed by atoms with van der Waals surface area (Å²) in [6.07, 6.45) is 0. The van der Waals surface area contributed by atoms with Crippen molar-refractivity contribution in [3.63, 3.8) is 0 Å². The number of halogens is 1. The first kappa shape index (κ1) is 12.4. The minimum Gasteiger partial charge on any atom is -0.279 e. The summed E-state index contributed by atoms with van der Waals surface area (Å²) in [6, 6.07) is 8.38. The smallest absolute Gasteiger partial charge is 0.271 e. The van der Waals surface area contributed by atoms with E-state index in [9.17, 15) is 8.42 Å². The van der Waals surface area contributed by atoms with E-state index in [1.165, 1.54) is 11.3 Å². The SMILES string of the molecule is Cc1c(Cl)cccc1NS(=O)(=O)c1cccs1. The van der Waals surface area contributed by atoms with Gasteiger partial charge in [-0.1, -0.05) is 23.7 Å². The van der Waals surface area contributed by atoms with Gasteiger partial charge in [0.2, 0.25) is 0 Å². The van der Waals surface area contributed by atoms with E-state index in [4.69, 9.17) is 11.6 Å². The van der Waals surface area contributed by atoms with Crippen LogP contribution in [0.1, 0.15) is 5.56 Å². The zero-order chi connectivity index (χ0) is 12.5. The number of hydrogen-bond donors (Lipinski definition) is 1. The van der Waals surface area contributed by atoms with Crippen molar-refractivity contribution in [1.29, 1.82) is 0 Å². The molecular formula is C11H10ClNO2S2. The second kappa shape index (κ2) is 4.68. The molecule has 0 spiro atoms. The second-order valence-electron chi connectivity index (χ2n) is 3.45. The Morgan fingerprint density at radius 2 is 2.00 bits per heavy atom. The molecule has 2 aromatic rings. The molecule has 2 rings (SSSR count). The van der Waals surface area contributed by atoms with Crippen LogP contribution in [-0.2, 0) is 10.0 Å². The third-order valence-corrected chi connectivity index (χ3v) is 5.44. The number of rotatable bonds is 3. The molecule has 17 heavy (non-hydrogen) atoms. The Morgan fingerprint density at radius 3 is 2.65 bits per heavy atom. The van der Waals surface area contributed by atoms with Crippen molar-refractivity contribution in [2.75, 3.05) is 4.72 Å². The predicted octanol–water partition coefficient (Wildman–Crippen LogP) is 3.51. The second-order valence-corrected chi connectivity index (χ2v) is 6.71. The number of nitrogens with one attached hydrogen (secondary N) is 1. The Kier molecular flexibility index (Phi) is 3.42. The first-order valence-corrected chi connectivity index (χ1v) is 7.56. The summed E-state index contributed by atoms with van der Waals surface area (Å²) in [6.45, 7) is 1.77. The van der Waals surface area contributed by atoms with E-state index >= 15 is 0 Å². The van der Waals surface area contributed by atoms with E-state index in [-0.39, 0.29) is 4.21 Å². The fourth-order valence-electron chi connectivity index (χ4n) is 1.33. The molecule has 0 atom stereocenters. The van der Waals surface area contributed by atoms with E-state index in [0.717, 1.165) is 0 Å². The maximum absolute atomic E-state index is 12.0. The molecule has 1 N–H and O–H groups in total. The highest BCUT2D eigenvalue weighted by atomic mass is 35.5. The Labute approximate surface area is 109 Å². The molecule has 3 nitrogen and oxygen atoms in total. The zero-order valence-electron chi connectivity index (χ0n) is 8.98. The number of sulfonamides is 1. The monoisotopic (exact) mass is 287 g/mol. The fourth-order valence-corrected chi connectivity index (χ4v) is 3.62. The molecule has 0 saturated carbocycles. The largest absolute Gasteiger partial charge is 0.279 e. The van der Waals surface area contributed by atoms with Gasteiger partial charge < -0.3 is 0 Å². The van der Waals surface area contributed by atoms with E-state index in [0.29, 0.717) is 16.3 Å². The van der Waals surface area contributed by atoms with Crippen LogP contribution < -0.4 is 4.72 Å². The van der Waals surface area contributed by atoms with Crippen molar-refractivity contribution in [2.45, 2.75) is 11.1 Å². The highest BCUT2D eigenvalue weighted by molar-refractivity contribution is 7.94. The minimum absolute atomic E-state index is 0.289. The summed E-state index contributed by atoms with van der Waals surface area (Å²) < 4.78 is 26.8. The summed E-state index contributed by atoms with van der Waals surface area (Å²) in [5, 5.41) is 2.26. The first-order chi connectivity index (χ1) is 8.00. The van der Waals surface area contributed by atoms with E-state index < -0.39 is 10.0 Å². The van der Waals surface area contributed by atoms with Crippen molar-refractivity contribution in [1.82, 2.24) is 0 Å². The maximum Gasteiger partial charge on any atom is 0.271 e. The third-order valence-electron chi connectivity index (χ3n) is 2.27. The van der Waals surface area contributed by atoms with Crippen LogP contribution in [0.3, 0.4) is 0 Å². The summed E-state index contributed by atoms with van der Waals surface area (Å²) in [7, 11) is -3.50. The summed E-state index contributed by atoms with van der Waals surface area (Å²) in [4.78, 5) is 0. The number of hydrogen-bond acceptors (Lipinski definition) is 3. The Bertz CT molecular complexity index is 621. The van der Waals surface area contributed by atoms with Crippen LogP contribution in [0.2, 0.25) is 5.02 Å². The van der Waals surface area contributed by atoms with Gasteiger partial charge >= 0.3 is 0 Å². The van der Waals surface area contributed by atoms with Gasteiger partial charge in [-0.25, -0.2) is 8.42 Å². The fraction of sp³-hybridized carbons (Fsp3) is 0.0909. The molecule has 0 saturated heterocycles. The highest BCUT2D eigenvalue weighted by Gasteiger charge is 2.16. The van der Waals surface area contributed by atoms with Crippen LogP contribution in [0, 0.1) is 6.92 Å². The van der Waals surface area contributed by atoms with E-state index in [1.807, 2.05) is 0 Å². The zero-order valence-corrected chi connectivity index (χ0v) is 11.4. The summed E-state index contributed by atoms with van der Waals surface area (Å²) in [5.41, 5.74) is 1.22. The number of thiophene rings is 1. The van der Waals surface area contributed by atoms with Gasteiger partial charge in [0.15, 0.2) is 0 Å². The lowest BCUT2D eigenvalue weighted by atomic mass is 10.2. The number of anilines is 1. The molecule has 90 valence electrons. The lowest BCUT2D eigenvalue weighted by molar-refractivity contribution is 0.603. The van der Waals surface area contributed by atoms with Crippen LogP contribution in [0.15, 0.2) is 39.9 Å². The average Bonchev–Trinajstić information content (AvgIpc) is 2.78. The van der Waals surface area contributed by atoms with Gasteiger partial charge in [-0.3, -0.25) is 4.72 Å². The van der Waals surface area contributed by atoms with Gasteiger partial charge in [0, 0.05) is 5.02 Å². The molecule has 1 aromatic heterocycles. The van der Waals surface area contributed by atoms with Crippen molar-refractivity contribution in [3.05, 3.63) is 46.3 Å². The van der Waals surface area contributed by atoms with E-state index in [2.05, 4.69) is 4.72 Å². The van der Waals surface area contributed by atoms with Crippen molar-refractivity contribution >= 4 is 38.6 Å². The summed E-state index contributed by atoms with van der Waals surface area (Å²) in [5.74, 6) is 0. The molecule has 0 amide bonds. The Balaban J connectivity index is 2.37. The van der Waals surface area contributed by atoms with Gasteiger partial charge in [-0.15, -0.1) is 11.3 Å².